The predicted octanol–water partition coefficient (Wildman–Crippen LogP) is 4.89. The van der Waals surface area contributed by atoms with Crippen molar-refractivity contribution in [2.45, 2.75) is 31.2 Å². The Balaban J connectivity index is 1.48. The average molecular weight is 488 g/mol. The molecule has 0 radical (unpaired) electrons. The molecule has 0 aliphatic carbocycles. The van der Waals surface area contributed by atoms with E-state index in [9.17, 15) is 9.59 Å². The van der Waals surface area contributed by atoms with Gasteiger partial charge in [-0.05, 0) is 56.7 Å². The van der Waals surface area contributed by atoms with E-state index in [1.54, 1.807) is 35.8 Å². The van der Waals surface area contributed by atoms with Crippen LogP contribution in [0.1, 0.15) is 18.1 Å². The van der Waals surface area contributed by atoms with Crippen LogP contribution in [-0.4, -0.2) is 33.9 Å². The Bertz CT molecular complexity index is 1500. The second-order valence-corrected chi connectivity index (χ2v) is 9.76. The van der Waals surface area contributed by atoms with Crippen LogP contribution in [0.4, 0.5) is 5.69 Å². The van der Waals surface area contributed by atoms with E-state index in [1.807, 2.05) is 50.2 Å². The first-order chi connectivity index (χ1) is 16.9. The van der Waals surface area contributed by atoms with E-state index in [4.69, 9.17) is 14.5 Å². The van der Waals surface area contributed by atoms with Crippen LogP contribution in [0, 0.1) is 13.8 Å². The summed E-state index contributed by atoms with van der Waals surface area (Å²) in [5.41, 5.74) is 3.87. The van der Waals surface area contributed by atoms with E-state index >= 15 is 0 Å². The number of fused-ring (bicyclic) bond motifs is 2. The van der Waals surface area contributed by atoms with Gasteiger partial charge in [0.2, 0.25) is 5.91 Å². The summed E-state index contributed by atoms with van der Waals surface area (Å²) in [6.07, 6.45) is 0. The molecule has 1 aliphatic rings. The Labute approximate surface area is 207 Å². The van der Waals surface area contributed by atoms with Crippen molar-refractivity contribution in [3.8, 4) is 17.2 Å². The number of carbonyl (C=O) groups is 1. The van der Waals surface area contributed by atoms with Gasteiger partial charge in [0.05, 0.1) is 21.8 Å². The monoisotopic (exact) mass is 487 g/mol. The lowest BCUT2D eigenvalue weighted by atomic mass is 10.1. The summed E-state index contributed by atoms with van der Waals surface area (Å²) in [4.78, 5) is 31.4. The second-order valence-electron chi connectivity index (χ2n) is 8.45. The van der Waals surface area contributed by atoms with Crippen molar-refractivity contribution >= 4 is 34.3 Å². The van der Waals surface area contributed by atoms with E-state index in [1.165, 1.54) is 11.8 Å². The summed E-state index contributed by atoms with van der Waals surface area (Å²) in [7, 11) is 0. The fourth-order valence-electron chi connectivity index (χ4n) is 4.04. The first-order valence-electron chi connectivity index (χ1n) is 11.4. The number of carbonyl (C=O) groups excluding carboxylic acids is 1. The SMILES string of the molecule is Cc1ccc(-n2c(SC(C)C(=O)Nc3ccc4c(c3)OCCO4)nc3ccccc3c2=O)c(C)c1. The highest BCUT2D eigenvalue weighted by Crippen LogP contribution is 2.33. The summed E-state index contributed by atoms with van der Waals surface area (Å²) >= 11 is 1.25. The minimum Gasteiger partial charge on any atom is -0.486 e. The molecule has 178 valence electrons. The van der Waals surface area contributed by atoms with Crippen LogP contribution in [0.25, 0.3) is 16.6 Å². The largest absolute Gasteiger partial charge is 0.486 e. The standard InChI is InChI=1S/C27H25N3O4S/c1-16-8-10-22(17(2)14-16)30-26(32)20-6-4-5-7-21(20)29-27(30)35-18(3)25(31)28-19-9-11-23-24(15-19)34-13-12-33-23/h4-11,14-15,18H,12-13H2,1-3H3,(H,28,31). The molecule has 35 heavy (non-hydrogen) atoms. The average Bonchev–Trinajstić information content (AvgIpc) is 2.85. The second kappa shape index (κ2) is 9.46. The summed E-state index contributed by atoms with van der Waals surface area (Å²) < 4.78 is 12.8. The maximum atomic E-state index is 13.5. The normalized spacial score (nSPS) is 13.5. The highest BCUT2D eigenvalue weighted by atomic mass is 32.2. The zero-order chi connectivity index (χ0) is 24.5. The van der Waals surface area contributed by atoms with Gasteiger partial charge in [-0.25, -0.2) is 4.98 Å². The van der Waals surface area contributed by atoms with Crippen LogP contribution < -0.4 is 20.3 Å². The molecule has 1 unspecified atom stereocenters. The first kappa shape index (κ1) is 23.0. The first-order valence-corrected chi connectivity index (χ1v) is 12.3. The van der Waals surface area contributed by atoms with Gasteiger partial charge in [-0.1, -0.05) is 41.6 Å². The Hall–Kier alpha value is -3.78. The number of benzene rings is 3. The predicted molar refractivity (Wildman–Crippen MR) is 138 cm³/mol. The fourth-order valence-corrected chi connectivity index (χ4v) is 4.96. The molecule has 4 aromatic rings. The lowest BCUT2D eigenvalue weighted by Crippen LogP contribution is -2.26. The third-order valence-electron chi connectivity index (χ3n) is 5.80. The number of aryl methyl sites for hydroxylation is 2. The summed E-state index contributed by atoms with van der Waals surface area (Å²) in [6.45, 7) is 6.76. The fraction of sp³-hybridized carbons (Fsp3) is 0.222. The molecule has 0 fully saturated rings. The molecule has 8 heteroatoms. The number of aromatic nitrogens is 2. The molecule has 1 amide bonds. The number of ether oxygens (including phenoxy) is 2. The minimum atomic E-state index is -0.520. The number of hydrogen-bond donors (Lipinski definition) is 1. The lowest BCUT2D eigenvalue weighted by Gasteiger charge is -2.20. The molecule has 7 nitrogen and oxygen atoms in total. The van der Waals surface area contributed by atoms with Crippen molar-refractivity contribution in [1.82, 2.24) is 9.55 Å². The molecule has 0 bridgehead atoms. The number of hydrogen-bond acceptors (Lipinski definition) is 6. The van der Waals surface area contributed by atoms with Crippen molar-refractivity contribution in [3.05, 3.63) is 82.1 Å². The maximum absolute atomic E-state index is 13.5. The summed E-state index contributed by atoms with van der Waals surface area (Å²) in [6, 6.07) is 18.5. The molecule has 2 heterocycles. The number of amides is 1. The van der Waals surface area contributed by atoms with Gasteiger partial charge in [-0.15, -0.1) is 0 Å². The molecule has 1 aromatic heterocycles. The molecule has 3 aromatic carbocycles. The van der Waals surface area contributed by atoms with Crippen molar-refractivity contribution in [2.75, 3.05) is 18.5 Å². The van der Waals surface area contributed by atoms with Gasteiger partial charge >= 0.3 is 0 Å². The van der Waals surface area contributed by atoms with Crippen molar-refractivity contribution in [2.24, 2.45) is 0 Å². The van der Waals surface area contributed by atoms with E-state index < -0.39 is 5.25 Å². The zero-order valence-corrected chi connectivity index (χ0v) is 20.5. The van der Waals surface area contributed by atoms with Crippen LogP contribution in [0.2, 0.25) is 0 Å². The molecule has 0 saturated carbocycles. The van der Waals surface area contributed by atoms with E-state index in [0.717, 1.165) is 16.8 Å². The van der Waals surface area contributed by atoms with Crippen LogP contribution >= 0.6 is 11.8 Å². The van der Waals surface area contributed by atoms with E-state index in [2.05, 4.69) is 5.32 Å². The Kier molecular flexibility index (Phi) is 6.21. The van der Waals surface area contributed by atoms with Crippen molar-refractivity contribution < 1.29 is 14.3 Å². The molecule has 1 atom stereocenters. The van der Waals surface area contributed by atoms with Crippen LogP contribution in [0.15, 0.2) is 70.6 Å². The summed E-state index contributed by atoms with van der Waals surface area (Å²) in [5.74, 6) is 1.06. The molecule has 0 spiro atoms. The Morgan fingerprint density at radius 3 is 2.60 bits per heavy atom. The molecule has 1 N–H and O–H groups in total. The van der Waals surface area contributed by atoms with Crippen molar-refractivity contribution in [1.29, 1.82) is 0 Å². The quantitative estimate of drug-likeness (QED) is 0.319. The number of thioether (sulfide) groups is 1. The topological polar surface area (TPSA) is 82.5 Å². The molecule has 5 rings (SSSR count). The third kappa shape index (κ3) is 4.61. The minimum absolute atomic E-state index is 0.163. The van der Waals surface area contributed by atoms with E-state index in [0.29, 0.717) is 46.5 Å². The third-order valence-corrected chi connectivity index (χ3v) is 6.85. The Morgan fingerprint density at radius 2 is 1.80 bits per heavy atom. The van der Waals surface area contributed by atoms with Gasteiger partial charge < -0.3 is 14.8 Å². The van der Waals surface area contributed by atoms with E-state index in [-0.39, 0.29) is 11.5 Å². The molecule has 0 saturated heterocycles. The van der Waals surface area contributed by atoms with Gasteiger partial charge in [0.25, 0.3) is 5.56 Å². The van der Waals surface area contributed by atoms with Crippen LogP contribution in [0.5, 0.6) is 11.5 Å². The zero-order valence-electron chi connectivity index (χ0n) is 19.7. The number of nitrogens with zero attached hydrogens (tertiary/aromatic N) is 2. The number of rotatable bonds is 5. The number of anilines is 1. The van der Waals surface area contributed by atoms with Gasteiger partial charge in [0, 0.05) is 11.8 Å². The number of nitrogens with one attached hydrogen (secondary N) is 1. The van der Waals surface area contributed by atoms with Gasteiger partial charge in [-0.2, -0.15) is 0 Å². The highest BCUT2D eigenvalue weighted by molar-refractivity contribution is 8.00. The van der Waals surface area contributed by atoms with Crippen molar-refractivity contribution in [3.63, 3.8) is 0 Å². The Morgan fingerprint density at radius 1 is 1.03 bits per heavy atom. The summed E-state index contributed by atoms with van der Waals surface area (Å²) in [5, 5.41) is 3.41. The number of para-hydroxylation sites is 1. The van der Waals surface area contributed by atoms with Gasteiger partial charge in [0.15, 0.2) is 16.7 Å². The van der Waals surface area contributed by atoms with Crippen LogP contribution in [0.3, 0.4) is 0 Å². The van der Waals surface area contributed by atoms with Crippen LogP contribution in [-0.2, 0) is 4.79 Å². The molecular weight excluding hydrogens is 462 g/mol. The van der Waals surface area contributed by atoms with Gasteiger partial charge in [-0.3, -0.25) is 14.2 Å². The molecular formula is C27H25N3O4S. The smallest absolute Gasteiger partial charge is 0.266 e. The molecule has 1 aliphatic heterocycles. The van der Waals surface area contributed by atoms with Gasteiger partial charge in [0.1, 0.15) is 13.2 Å². The lowest BCUT2D eigenvalue weighted by molar-refractivity contribution is -0.115. The highest BCUT2D eigenvalue weighted by Gasteiger charge is 2.22. The maximum Gasteiger partial charge on any atom is 0.266 e.